The van der Waals surface area contributed by atoms with Crippen molar-refractivity contribution in [3.05, 3.63) is 60.4 Å². The molecule has 1 atom stereocenters. The van der Waals surface area contributed by atoms with Gasteiger partial charge >= 0.3 is 0 Å². The second kappa shape index (κ2) is 8.42. The summed E-state index contributed by atoms with van der Waals surface area (Å²) in [6.07, 6.45) is 9.96. The maximum atomic E-state index is 12.6. The predicted molar refractivity (Wildman–Crippen MR) is 121 cm³/mol. The third kappa shape index (κ3) is 3.97. The van der Waals surface area contributed by atoms with E-state index in [4.69, 9.17) is 0 Å². The largest absolute Gasteiger partial charge is 0.309 e. The molecular weight excluding hydrogens is 406 g/mol. The molecule has 0 fully saturated rings. The monoisotopic (exact) mass is 425 g/mol. The summed E-state index contributed by atoms with van der Waals surface area (Å²) in [5.74, 6) is 0.205. The van der Waals surface area contributed by atoms with Crippen LogP contribution < -0.4 is 5.32 Å². The highest BCUT2D eigenvalue weighted by Crippen LogP contribution is 2.25. The Hall–Kier alpha value is -4.34. The molecule has 0 spiro atoms. The van der Waals surface area contributed by atoms with Crippen LogP contribution in [0.25, 0.3) is 22.3 Å². The van der Waals surface area contributed by atoms with E-state index in [1.165, 1.54) is 6.33 Å². The second-order valence-corrected chi connectivity index (χ2v) is 7.30. The third-order valence-corrected chi connectivity index (χ3v) is 5.05. The van der Waals surface area contributed by atoms with Gasteiger partial charge in [-0.1, -0.05) is 6.07 Å². The first-order chi connectivity index (χ1) is 15.7. The Labute approximate surface area is 183 Å². The summed E-state index contributed by atoms with van der Waals surface area (Å²) in [4.78, 5) is 38.5. The summed E-state index contributed by atoms with van der Waals surface area (Å²) >= 11 is 0. The fourth-order valence-electron chi connectivity index (χ4n) is 3.52. The molecule has 0 saturated heterocycles. The average Bonchev–Trinajstić information content (AvgIpc) is 3.23. The summed E-state index contributed by atoms with van der Waals surface area (Å²) < 4.78 is 1.55. The normalized spacial score (nSPS) is 15.2. The van der Waals surface area contributed by atoms with Gasteiger partial charge in [-0.05, 0) is 30.7 Å². The maximum Gasteiger partial charge on any atom is 0.247 e. The molecule has 4 aromatic heterocycles. The van der Waals surface area contributed by atoms with E-state index in [2.05, 4.69) is 40.3 Å². The van der Waals surface area contributed by atoms with Crippen LogP contribution in [0.15, 0.2) is 59.2 Å². The van der Waals surface area contributed by atoms with Crippen molar-refractivity contribution in [1.82, 2.24) is 29.7 Å². The molecule has 0 aromatic carbocycles. The zero-order valence-electron chi connectivity index (χ0n) is 17.3. The van der Waals surface area contributed by atoms with Crippen LogP contribution in [0.5, 0.6) is 0 Å². The smallest absolute Gasteiger partial charge is 0.247 e. The van der Waals surface area contributed by atoms with Gasteiger partial charge in [0.15, 0.2) is 5.65 Å². The van der Waals surface area contributed by atoms with E-state index in [1.807, 2.05) is 25.1 Å². The van der Waals surface area contributed by atoms with Crippen LogP contribution in [0.3, 0.4) is 0 Å². The van der Waals surface area contributed by atoms with Crippen LogP contribution in [0.1, 0.15) is 17.3 Å². The van der Waals surface area contributed by atoms with Crippen molar-refractivity contribution >= 4 is 35.2 Å². The number of hydrogen-bond donors (Lipinski definition) is 1. The Morgan fingerprint density at radius 3 is 2.84 bits per heavy atom. The molecule has 10 nitrogen and oxygen atoms in total. The molecule has 10 heteroatoms. The van der Waals surface area contributed by atoms with Crippen LogP contribution in [0, 0.1) is 6.92 Å². The fraction of sp³-hybridized carbons (Fsp3) is 0.182. The molecule has 5 rings (SSSR count). The molecule has 1 aliphatic rings. The van der Waals surface area contributed by atoms with E-state index in [-0.39, 0.29) is 18.5 Å². The van der Waals surface area contributed by atoms with E-state index in [0.717, 1.165) is 27.9 Å². The molecule has 0 radical (unpaired) electrons. The number of hydrogen-bond acceptors (Lipinski definition) is 8. The highest BCUT2D eigenvalue weighted by Gasteiger charge is 2.15. The van der Waals surface area contributed by atoms with Gasteiger partial charge in [0, 0.05) is 36.1 Å². The van der Waals surface area contributed by atoms with Crippen molar-refractivity contribution in [2.75, 3.05) is 11.9 Å². The van der Waals surface area contributed by atoms with Crippen molar-refractivity contribution in [2.24, 2.45) is 9.98 Å². The molecular formula is C22H19N9O. The number of aliphatic imine (C=N–C) groups is 2. The minimum absolute atomic E-state index is 0.000388. The van der Waals surface area contributed by atoms with E-state index in [9.17, 15) is 4.79 Å². The number of pyridine rings is 2. The Kier molecular flexibility index (Phi) is 5.16. The van der Waals surface area contributed by atoms with Crippen LogP contribution in [0.2, 0.25) is 0 Å². The Bertz CT molecular complexity index is 1340. The summed E-state index contributed by atoms with van der Waals surface area (Å²) in [6, 6.07) is 7.45. The molecule has 158 valence electrons. The van der Waals surface area contributed by atoms with Gasteiger partial charge in [-0.15, -0.1) is 0 Å². The van der Waals surface area contributed by atoms with Gasteiger partial charge in [-0.25, -0.2) is 19.6 Å². The maximum absolute atomic E-state index is 12.6. The zero-order chi connectivity index (χ0) is 21.9. The fourth-order valence-corrected chi connectivity index (χ4v) is 3.52. The van der Waals surface area contributed by atoms with Gasteiger partial charge in [-0.2, -0.15) is 5.10 Å². The molecule has 4 aromatic rings. The lowest BCUT2D eigenvalue weighted by Gasteiger charge is -2.12. The SMILES string of the molecule is Cc1cc(-c2ncnc3c2cnn3CC(=O)Nc2ccc(C3CN=CC=N3)cn2)ccn1. The number of anilines is 1. The van der Waals surface area contributed by atoms with E-state index < -0.39 is 0 Å². The molecule has 1 N–H and O–H groups in total. The molecule has 0 bridgehead atoms. The first-order valence-electron chi connectivity index (χ1n) is 10.0. The molecule has 5 heterocycles. The number of carbonyl (C=O) groups is 1. The zero-order valence-corrected chi connectivity index (χ0v) is 17.3. The van der Waals surface area contributed by atoms with Crippen molar-refractivity contribution in [3.63, 3.8) is 0 Å². The number of fused-ring (bicyclic) bond motifs is 1. The van der Waals surface area contributed by atoms with E-state index >= 15 is 0 Å². The summed E-state index contributed by atoms with van der Waals surface area (Å²) in [7, 11) is 0. The quantitative estimate of drug-likeness (QED) is 0.524. The number of aryl methyl sites for hydroxylation is 1. The van der Waals surface area contributed by atoms with Gasteiger partial charge < -0.3 is 5.32 Å². The van der Waals surface area contributed by atoms with Crippen LogP contribution >= 0.6 is 0 Å². The topological polar surface area (TPSA) is 123 Å². The van der Waals surface area contributed by atoms with Crippen molar-refractivity contribution in [1.29, 1.82) is 0 Å². The standard InChI is InChI=1S/C22H19N9O/c1-14-8-15(4-5-24-14)21-17-10-29-31(22(17)28-13-27-21)12-20(32)30-19-3-2-16(9-26-19)18-11-23-6-7-25-18/h2-10,13,18H,11-12H2,1H3,(H,26,30,32). The van der Waals surface area contributed by atoms with Gasteiger partial charge in [0.1, 0.15) is 18.7 Å². The minimum atomic E-state index is -0.254. The molecule has 1 amide bonds. The van der Waals surface area contributed by atoms with Crippen LogP contribution in [-0.2, 0) is 11.3 Å². The highest BCUT2D eigenvalue weighted by molar-refractivity contribution is 6.16. The first-order valence-corrected chi connectivity index (χ1v) is 10.0. The van der Waals surface area contributed by atoms with Crippen LogP contribution in [-0.4, -0.2) is 54.6 Å². The number of aromatic nitrogens is 6. The molecule has 32 heavy (non-hydrogen) atoms. The number of amides is 1. The van der Waals surface area contributed by atoms with E-state index in [0.29, 0.717) is 18.0 Å². The molecule has 1 unspecified atom stereocenters. The van der Waals surface area contributed by atoms with Gasteiger partial charge in [0.2, 0.25) is 5.91 Å². The molecule has 1 aliphatic heterocycles. The lowest BCUT2D eigenvalue weighted by molar-refractivity contribution is -0.116. The van der Waals surface area contributed by atoms with E-state index in [1.54, 1.807) is 41.8 Å². The van der Waals surface area contributed by atoms with Gasteiger partial charge in [0.25, 0.3) is 0 Å². The molecule has 0 saturated carbocycles. The number of carbonyl (C=O) groups excluding carboxylic acids is 1. The van der Waals surface area contributed by atoms with Crippen molar-refractivity contribution in [2.45, 2.75) is 19.5 Å². The first kappa shape index (κ1) is 19.6. The van der Waals surface area contributed by atoms with Crippen LogP contribution in [0.4, 0.5) is 5.82 Å². The Morgan fingerprint density at radius 2 is 2.06 bits per heavy atom. The van der Waals surface area contributed by atoms with Gasteiger partial charge in [0.05, 0.1) is 29.9 Å². The number of nitrogens with zero attached hydrogens (tertiary/aromatic N) is 8. The third-order valence-electron chi connectivity index (χ3n) is 5.05. The Balaban J connectivity index is 1.31. The highest BCUT2D eigenvalue weighted by atomic mass is 16.2. The summed E-state index contributed by atoms with van der Waals surface area (Å²) in [5.41, 5.74) is 4.09. The summed E-state index contributed by atoms with van der Waals surface area (Å²) in [6.45, 7) is 2.52. The number of nitrogens with one attached hydrogen (secondary N) is 1. The lowest BCUT2D eigenvalue weighted by Crippen LogP contribution is -2.20. The number of rotatable bonds is 5. The van der Waals surface area contributed by atoms with Crippen molar-refractivity contribution in [3.8, 4) is 11.3 Å². The Morgan fingerprint density at radius 1 is 1.12 bits per heavy atom. The molecule has 0 aliphatic carbocycles. The average molecular weight is 425 g/mol. The minimum Gasteiger partial charge on any atom is -0.309 e. The lowest BCUT2D eigenvalue weighted by atomic mass is 10.1. The second-order valence-electron chi connectivity index (χ2n) is 7.30. The van der Waals surface area contributed by atoms with Gasteiger partial charge in [-0.3, -0.25) is 19.8 Å². The van der Waals surface area contributed by atoms with Crippen molar-refractivity contribution < 1.29 is 4.79 Å². The summed E-state index contributed by atoms with van der Waals surface area (Å²) in [5, 5.41) is 7.91. The predicted octanol–water partition coefficient (Wildman–Crippen LogP) is 2.43.